The molecule has 0 fully saturated rings. The van der Waals surface area contributed by atoms with Gasteiger partial charge in [0.25, 0.3) is 0 Å². The van der Waals surface area contributed by atoms with Gasteiger partial charge in [0.05, 0.1) is 0 Å². The first-order chi connectivity index (χ1) is 11.5. The highest BCUT2D eigenvalue weighted by Crippen LogP contribution is 2.39. The van der Waals surface area contributed by atoms with Crippen LogP contribution in [0.4, 0.5) is 0 Å². The van der Waals surface area contributed by atoms with Gasteiger partial charge in [0.15, 0.2) is 5.78 Å². The normalized spacial score (nSPS) is 12.2. The summed E-state index contributed by atoms with van der Waals surface area (Å²) < 4.78 is 0. The molecule has 0 saturated heterocycles. The number of hydrogen-bond acceptors (Lipinski definition) is 2. The van der Waals surface area contributed by atoms with Crippen LogP contribution in [0.1, 0.15) is 27.3 Å². The average molecular weight is 354 g/mol. The minimum Gasteiger partial charge on any atom is -0.289 e. The maximum absolute atomic E-state index is 13.2. The molecule has 0 atom stereocenters. The van der Waals surface area contributed by atoms with Crippen molar-refractivity contribution < 1.29 is 4.79 Å². The van der Waals surface area contributed by atoms with Crippen molar-refractivity contribution in [2.24, 2.45) is 0 Å². The van der Waals surface area contributed by atoms with Crippen LogP contribution >= 0.6 is 23.2 Å². The largest absolute Gasteiger partial charge is 0.289 e. The highest BCUT2D eigenvalue weighted by Gasteiger charge is 2.25. The Balaban J connectivity index is 2.19. The van der Waals surface area contributed by atoms with E-state index in [1.54, 1.807) is 24.3 Å². The van der Waals surface area contributed by atoms with E-state index in [1.165, 1.54) is 0 Å². The second-order valence-corrected chi connectivity index (χ2v) is 6.84. The summed E-state index contributed by atoms with van der Waals surface area (Å²) in [5, 5.41) is 1.19. The number of aryl methyl sites for hydroxylation is 2. The number of benzene rings is 2. The van der Waals surface area contributed by atoms with Crippen LogP contribution in [0, 0.1) is 13.8 Å². The number of aromatic nitrogens is 1. The van der Waals surface area contributed by atoms with E-state index in [9.17, 15) is 4.79 Å². The molecule has 3 aromatic rings. The number of hydrogen-bond donors (Lipinski definition) is 0. The Bertz CT molecular complexity index is 948. The van der Waals surface area contributed by atoms with Crippen molar-refractivity contribution >= 4 is 29.0 Å². The van der Waals surface area contributed by atoms with Crippen LogP contribution in [0.25, 0.3) is 22.3 Å². The molecule has 24 heavy (non-hydrogen) atoms. The number of rotatable bonds is 0. The molecule has 4 heteroatoms. The SMILES string of the molecule is Cc1nc(C)c2cc1-c1cc(Cl)ccc1C(=O)c1ccc(Cl)cc1-2. The Kier molecular flexibility index (Phi) is 3.48. The summed E-state index contributed by atoms with van der Waals surface area (Å²) in [6.07, 6.45) is 0. The fraction of sp³-hybridized carbons (Fsp3) is 0.100. The van der Waals surface area contributed by atoms with Crippen LogP contribution in [0.15, 0.2) is 42.5 Å². The predicted molar refractivity (Wildman–Crippen MR) is 98.0 cm³/mol. The molecule has 0 N–H and O–H groups in total. The fourth-order valence-corrected chi connectivity index (χ4v) is 3.63. The molecule has 1 aromatic heterocycles. The molecule has 0 unspecified atom stereocenters. The monoisotopic (exact) mass is 353 g/mol. The molecular weight excluding hydrogens is 341 g/mol. The van der Waals surface area contributed by atoms with Gasteiger partial charge in [-0.3, -0.25) is 9.78 Å². The van der Waals surface area contributed by atoms with Crippen LogP contribution in [0.3, 0.4) is 0 Å². The first kappa shape index (κ1) is 15.4. The summed E-state index contributed by atoms with van der Waals surface area (Å²) in [7, 11) is 0. The van der Waals surface area contributed by atoms with Crippen LogP contribution in [-0.4, -0.2) is 10.8 Å². The van der Waals surface area contributed by atoms with Gasteiger partial charge in [0.2, 0.25) is 0 Å². The molecule has 0 radical (unpaired) electrons. The van der Waals surface area contributed by atoms with Gasteiger partial charge < -0.3 is 0 Å². The summed E-state index contributed by atoms with van der Waals surface area (Å²) in [5.74, 6) is -0.0288. The minimum absolute atomic E-state index is 0.0288. The molecule has 1 aliphatic rings. The van der Waals surface area contributed by atoms with Gasteiger partial charge in [0.1, 0.15) is 0 Å². The van der Waals surface area contributed by atoms with E-state index in [0.29, 0.717) is 21.2 Å². The molecular formula is C20H13Cl2NO. The van der Waals surface area contributed by atoms with Crippen molar-refractivity contribution in [1.82, 2.24) is 4.98 Å². The maximum Gasteiger partial charge on any atom is 0.194 e. The zero-order valence-electron chi connectivity index (χ0n) is 13.2. The lowest BCUT2D eigenvalue weighted by Crippen LogP contribution is -2.10. The number of nitrogens with zero attached hydrogens (tertiary/aromatic N) is 1. The molecule has 1 heterocycles. The quantitative estimate of drug-likeness (QED) is 0.394. The lowest BCUT2D eigenvalue weighted by molar-refractivity contribution is 0.104. The van der Waals surface area contributed by atoms with Crippen LogP contribution in [0.2, 0.25) is 10.0 Å². The first-order valence-corrected chi connectivity index (χ1v) is 8.34. The Labute approximate surface area is 150 Å². The topological polar surface area (TPSA) is 30.0 Å². The van der Waals surface area contributed by atoms with Crippen molar-refractivity contribution in [2.75, 3.05) is 0 Å². The zero-order chi connectivity index (χ0) is 17.0. The summed E-state index contributed by atoms with van der Waals surface area (Å²) in [4.78, 5) is 17.9. The fourth-order valence-electron chi connectivity index (χ4n) is 3.29. The van der Waals surface area contributed by atoms with Gasteiger partial charge in [-0.15, -0.1) is 0 Å². The van der Waals surface area contributed by atoms with Crippen LogP contribution < -0.4 is 0 Å². The maximum atomic E-state index is 13.2. The third-order valence-corrected chi connectivity index (χ3v) is 4.91. The number of halogens is 2. The summed E-state index contributed by atoms with van der Waals surface area (Å²) >= 11 is 12.4. The molecule has 4 rings (SSSR count). The standard InChI is InChI=1S/C20H13Cl2NO/c1-10-16-9-17(11(2)23-10)19-8-13(22)4-6-15(19)20(24)14-5-3-12(21)7-18(14)16/h3-9H,1-2H3. The van der Waals surface area contributed by atoms with E-state index < -0.39 is 0 Å². The lowest BCUT2D eigenvalue weighted by Gasteiger charge is -2.20. The van der Waals surface area contributed by atoms with Gasteiger partial charge in [-0.05, 0) is 67.4 Å². The number of carbonyl (C=O) groups excluding carboxylic acids is 1. The third kappa shape index (κ3) is 2.26. The lowest BCUT2D eigenvalue weighted by atomic mass is 9.85. The average Bonchev–Trinajstić information content (AvgIpc) is 2.53. The number of carbonyl (C=O) groups is 1. The Morgan fingerprint density at radius 1 is 0.667 bits per heavy atom. The number of ketones is 1. The van der Waals surface area contributed by atoms with Crippen LogP contribution in [-0.2, 0) is 0 Å². The van der Waals surface area contributed by atoms with E-state index in [4.69, 9.17) is 23.2 Å². The van der Waals surface area contributed by atoms with Crippen molar-refractivity contribution in [3.05, 3.63) is 75.0 Å². The minimum atomic E-state index is -0.0288. The second-order valence-electron chi connectivity index (χ2n) is 5.96. The van der Waals surface area contributed by atoms with Crippen molar-refractivity contribution in [3.63, 3.8) is 0 Å². The molecule has 2 bridgehead atoms. The van der Waals surface area contributed by atoms with E-state index in [0.717, 1.165) is 33.6 Å². The summed E-state index contributed by atoms with van der Waals surface area (Å²) in [6, 6.07) is 12.8. The van der Waals surface area contributed by atoms with Gasteiger partial charge in [-0.2, -0.15) is 0 Å². The number of fused-ring (bicyclic) bond motifs is 6. The second kappa shape index (κ2) is 5.44. The van der Waals surface area contributed by atoms with Crippen molar-refractivity contribution in [3.8, 4) is 22.3 Å². The van der Waals surface area contributed by atoms with E-state index >= 15 is 0 Å². The molecule has 0 saturated carbocycles. The highest BCUT2D eigenvalue weighted by atomic mass is 35.5. The smallest absolute Gasteiger partial charge is 0.194 e. The Morgan fingerprint density at radius 2 is 1.12 bits per heavy atom. The van der Waals surface area contributed by atoms with Gasteiger partial charge >= 0.3 is 0 Å². The molecule has 0 amide bonds. The van der Waals surface area contributed by atoms with Crippen molar-refractivity contribution in [2.45, 2.75) is 13.8 Å². The van der Waals surface area contributed by atoms with Gasteiger partial charge in [-0.25, -0.2) is 0 Å². The zero-order valence-corrected chi connectivity index (χ0v) is 14.7. The van der Waals surface area contributed by atoms with Crippen LogP contribution in [0.5, 0.6) is 0 Å². The molecule has 2 aromatic carbocycles. The van der Waals surface area contributed by atoms with E-state index in [-0.39, 0.29) is 5.78 Å². The Morgan fingerprint density at radius 3 is 1.58 bits per heavy atom. The summed E-state index contributed by atoms with van der Waals surface area (Å²) in [6.45, 7) is 3.89. The van der Waals surface area contributed by atoms with Gasteiger partial charge in [0, 0.05) is 43.7 Å². The highest BCUT2D eigenvalue weighted by molar-refractivity contribution is 6.32. The van der Waals surface area contributed by atoms with Crippen molar-refractivity contribution in [1.29, 1.82) is 0 Å². The predicted octanol–water partition coefficient (Wildman–Crippen LogP) is 5.88. The molecule has 0 spiro atoms. The summed E-state index contributed by atoms with van der Waals surface area (Å²) in [5.41, 5.74) is 6.48. The van der Waals surface area contributed by atoms with E-state index in [1.807, 2.05) is 26.0 Å². The molecule has 118 valence electrons. The molecule has 1 aliphatic carbocycles. The van der Waals surface area contributed by atoms with E-state index in [2.05, 4.69) is 11.1 Å². The third-order valence-electron chi connectivity index (χ3n) is 4.44. The Hall–Kier alpha value is -2.16. The molecule has 2 nitrogen and oxygen atoms in total. The number of pyridine rings is 1. The van der Waals surface area contributed by atoms with Gasteiger partial charge in [-0.1, -0.05) is 23.2 Å². The molecule has 0 aliphatic heterocycles. The first-order valence-electron chi connectivity index (χ1n) is 7.58.